The van der Waals surface area contributed by atoms with E-state index in [2.05, 4.69) is 15.3 Å². The molecule has 0 aliphatic carbocycles. The van der Waals surface area contributed by atoms with Crippen LogP contribution in [0.15, 0.2) is 30.6 Å². The van der Waals surface area contributed by atoms with Crippen molar-refractivity contribution in [3.63, 3.8) is 0 Å². The molecule has 2 aromatic heterocycles. The summed E-state index contributed by atoms with van der Waals surface area (Å²) in [6.45, 7) is 0. The van der Waals surface area contributed by atoms with Crippen LogP contribution in [0.3, 0.4) is 0 Å². The monoisotopic (exact) mass is 338 g/mol. The molecule has 21 heavy (non-hydrogen) atoms. The van der Waals surface area contributed by atoms with E-state index in [9.17, 15) is 4.79 Å². The molecule has 0 saturated carbocycles. The molecule has 0 fully saturated rings. The number of hydrogen-bond donors (Lipinski definition) is 2. The number of aromatic nitrogens is 2. The molecule has 1 amide bonds. The quantitative estimate of drug-likeness (QED) is 0.549. The normalized spacial score (nSPS) is 10.8. The maximum atomic E-state index is 12.2. The van der Waals surface area contributed by atoms with Crippen molar-refractivity contribution in [2.75, 3.05) is 11.1 Å². The Hall–Kier alpha value is -1.89. The van der Waals surface area contributed by atoms with Crippen molar-refractivity contribution in [1.82, 2.24) is 9.97 Å². The molecule has 0 radical (unpaired) electrons. The maximum absolute atomic E-state index is 12.2. The second-order valence-corrected chi connectivity index (χ2v) is 6.01. The first-order chi connectivity index (χ1) is 10.0. The van der Waals surface area contributed by atoms with Gasteiger partial charge in [-0.15, -0.1) is 11.3 Å². The molecule has 0 spiro atoms. The Morgan fingerprint density at radius 2 is 2.05 bits per heavy atom. The van der Waals surface area contributed by atoms with E-state index < -0.39 is 0 Å². The topological polar surface area (TPSA) is 80.9 Å². The maximum Gasteiger partial charge on any atom is 0.266 e. The molecule has 8 heteroatoms. The standard InChI is InChI=1S/C13H8Cl2N4OS/c14-10-11(15)17-5-18-12(10)19-13(20)9-4-6-3-7(16)1-2-8(6)21-9/h1-5H,16H2,(H,17,18,19,20). The van der Waals surface area contributed by atoms with Gasteiger partial charge in [-0.1, -0.05) is 23.2 Å². The van der Waals surface area contributed by atoms with Crippen LogP contribution in [-0.4, -0.2) is 15.9 Å². The molecule has 106 valence electrons. The fraction of sp³-hybridized carbons (Fsp3) is 0. The number of benzene rings is 1. The molecule has 0 saturated heterocycles. The van der Waals surface area contributed by atoms with Gasteiger partial charge in [-0.3, -0.25) is 4.79 Å². The Morgan fingerprint density at radius 3 is 2.86 bits per heavy atom. The summed E-state index contributed by atoms with van der Waals surface area (Å²) in [5.41, 5.74) is 6.38. The molecule has 3 rings (SSSR count). The van der Waals surface area contributed by atoms with Crippen molar-refractivity contribution in [3.05, 3.63) is 45.6 Å². The summed E-state index contributed by atoms with van der Waals surface area (Å²) in [6.07, 6.45) is 1.23. The van der Waals surface area contributed by atoms with Crippen LogP contribution in [-0.2, 0) is 0 Å². The van der Waals surface area contributed by atoms with Gasteiger partial charge in [-0.2, -0.15) is 0 Å². The van der Waals surface area contributed by atoms with Gasteiger partial charge < -0.3 is 11.1 Å². The Balaban J connectivity index is 1.91. The van der Waals surface area contributed by atoms with Crippen LogP contribution >= 0.6 is 34.5 Å². The number of fused-ring (bicyclic) bond motifs is 1. The summed E-state index contributed by atoms with van der Waals surface area (Å²) in [6, 6.07) is 7.25. The molecule has 0 aliphatic heterocycles. The molecule has 0 aliphatic rings. The van der Waals surface area contributed by atoms with Crippen molar-refractivity contribution in [3.8, 4) is 0 Å². The highest BCUT2D eigenvalue weighted by Gasteiger charge is 2.14. The number of thiophene rings is 1. The first-order valence-corrected chi connectivity index (χ1v) is 7.38. The number of nitrogen functional groups attached to an aromatic ring is 1. The number of anilines is 2. The van der Waals surface area contributed by atoms with Gasteiger partial charge in [0.25, 0.3) is 5.91 Å². The van der Waals surface area contributed by atoms with E-state index in [0.717, 1.165) is 10.1 Å². The minimum atomic E-state index is -0.313. The lowest BCUT2D eigenvalue weighted by molar-refractivity contribution is 0.103. The zero-order valence-electron chi connectivity index (χ0n) is 10.4. The second-order valence-electron chi connectivity index (χ2n) is 4.19. The van der Waals surface area contributed by atoms with Crippen molar-refractivity contribution in [1.29, 1.82) is 0 Å². The van der Waals surface area contributed by atoms with Crippen LogP contribution in [0.1, 0.15) is 9.67 Å². The Morgan fingerprint density at radius 1 is 1.24 bits per heavy atom. The molecule has 2 heterocycles. The van der Waals surface area contributed by atoms with E-state index in [0.29, 0.717) is 10.6 Å². The third-order valence-electron chi connectivity index (χ3n) is 2.74. The average Bonchev–Trinajstić information content (AvgIpc) is 2.87. The molecule has 0 atom stereocenters. The molecular formula is C13H8Cl2N4OS. The van der Waals surface area contributed by atoms with Crippen molar-refractivity contribution >= 4 is 62.0 Å². The number of hydrogen-bond acceptors (Lipinski definition) is 5. The SMILES string of the molecule is Nc1ccc2sc(C(=O)Nc3ncnc(Cl)c3Cl)cc2c1. The minimum absolute atomic E-state index is 0.0890. The van der Waals surface area contributed by atoms with Crippen LogP contribution < -0.4 is 11.1 Å². The summed E-state index contributed by atoms with van der Waals surface area (Å²) in [5, 5.41) is 3.73. The van der Waals surface area contributed by atoms with E-state index in [1.54, 1.807) is 12.1 Å². The predicted molar refractivity (Wildman–Crippen MR) is 86.2 cm³/mol. The lowest BCUT2D eigenvalue weighted by Crippen LogP contribution is -2.12. The number of carbonyl (C=O) groups excluding carboxylic acids is 1. The first-order valence-electron chi connectivity index (χ1n) is 5.81. The molecule has 3 aromatic rings. The Labute approximate surface area is 133 Å². The van der Waals surface area contributed by atoms with Crippen LogP contribution in [0, 0.1) is 0 Å². The van der Waals surface area contributed by atoms with Crippen molar-refractivity contribution in [2.45, 2.75) is 0 Å². The van der Waals surface area contributed by atoms with E-state index in [-0.39, 0.29) is 21.9 Å². The number of nitrogens with two attached hydrogens (primary N) is 1. The number of halogens is 2. The highest BCUT2D eigenvalue weighted by molar-refractivity contribution is 7.20. The number of amides is 1. The van der Waals surface area contributed by atoms with Gasteiger partial charge in [0, 0.05) is 10.4 Å². The molecular weight excluding hydrogens is 331 g/mol. The van der Waals surface area contributed by atoms with Crippen LogP contribution in [0.25, 0.3) is 10.1 Å². The van der Waals surface area contributed by atoms with Gasteiger partial charge >= 0.3 is 0 Å². The smallest absolute Gasteiger partial charge is 0.266 e. The summed E-state index contributed by atoms with van der Waals surface area (Å²) in [7, 11) is 0. The average molecular weight is 339 g/mol. The number of rotatable bonds is 2. The van der Waals surface area contributed by atoms with Crippen LogP contribution in [0.5, 0.6) is 0 Å². The summed E-state index contributed by atoms with van der Waals surface area (Å²) in [4.78, 5) is 20.4. The molecule has 3 N–H and O–H groups in total. The molecule has 0 unspecified atom stereocenters. The zero-order valence-corrected chi connectivity index (χ0v) is 12.8. The fourth-order valence-electron chi connectivity index (χ4n) is 1.78. The van der Waals surface area contributed by atoms with E-state index in [1.165, 1.54) is 17.7 Å². The second kappa shape index (κ2) is 5.48. The minimum Gasteiger partial charge on any atom is -0.399 e. The third kappa shape index (κ3) is 2.78. The largest absolute Gasteiger partial charge is 0.399 e. The fourth-order valence-corrected chi connectivity index (χ4v) is 2.99. The predicted octanol–water partition coefficient (Wildman–Crippen LogP) is 3.83. The summed E-state index contributed by atoms with van der Waals surface area (Å²) >= 11 is 13.1. The van der Waals surface area contributed by atoms with Crippen molar-refractivity contribution in [2.24, 2.45) is 0 Å². The lowest BCUT2D eigenvalue weighted by Gasteiger charge is -2.04. The molecule has 0 bridgehead atoms. The Kier molecular flexibility index (Phi) is 3.67. The van der Waals surface area contributed by atoms with Gasteiger partial charge in [0.15, 0.2) is 11.0 Å². The highest BCUT2D eigenvalue weighted by atomic mass is 35.5. The van der Waals surface area contributed by atoms with Crippen LogP contribution in [0.4, 0.5) is 11.5 Å². The van der Waals surface area contributed by atoms with Gasteiger partial charge in [0.05, 0.1) is 4.88 Å². The molecule has 5 nitrogen and oxygen atoms in total. The van der Waals surface area contributed by atoms with E-state index >= 15 is 0 Å². The van der Waals surface area contributed by atoms with Gasteiger partial charge in [0.1, 0.15) is 11.3 Å². The number of nitrogens with one attached hydrogen (secondary N) is 1. The van der Waals surface area contributed by atoms with Gasteiger partial charge in [0.2, 0.25) is 0 Å². The number of nitrogens with zero attached hydrogens (tertiary/aromatic N) is 2. The molecule has 1 aromatic carbocycles. The summed E-state index contributed by atoms with van der Waals surface area (Å²) < 4.78 is 0.973. The first kappa shape index (κ1) is 14.1. The lowest BCUT2D eigenvalue weighted by atomic mass is 10.2. The van der Waals surface area contributed by atoms with Gasteiger partial charge in [-0.25, -0.2) is 9.97 Å². The third-order valence-corrected chi connectivity index (χ3v) is 4.60. The van der Waals surface area contributed by atoms with Crippen molar-refractivity contribution < 1.29 is 4.79 Å². The van der Waals surface area contributed by atoms with E-state index in [1.807, 2.05) is 12.1 Å². The number of carbonyl (C=O) groups is 1. The van der Waals surface area contributed by atoms with Gasteiger partial charge in [-0.05, 0) is 29.7 Å². The highest BCUT2D eigenvalue weighted by Crippen LogP contribution is 2.29. The zero-order chi connectivity index (χ0) is 15.0. The van der Waals surface area contributed by atoms with E-state index in [4.69, 9.17) is 28.9 Å². The van der Waals surface area contributed by atoms with Crippen LogP contribution in [0.2, 0.25) is 10.2 Å². The Bertz CT molecular complexity index is 849. The summed E-state index contributed by atoms with van der Waals surface area (Å²) in [5.74, 6) is -0.134.